The van der Waals surface area contributed by atoms with Crippen LogP contribution in [0.1, 0.15) is 39.5 Å². The number of nitrogens with zero attached hydrogens (tertiary/aromatic N) is 8. The SMILES string of the molecule is COCCn1cnc(-n2cc(-c3cnc(C(=O)Nc4ccc(C(=O)N5CCN(C(=O)C6CCNCC6)CC5)c(Cl)c4)n3C)c(C(F)(F)F)n2)c1. The smallest absolute Gasteiger partial charge is 0.383 e. The van der Waals surface area contributed by atoms with Gasteiger partial charge in [0.2, 0.25) is 5.91 Å². The first-order chi connectivity index (χ1) is 23.9. The van der Waals surface area contributed by atoms with Crippen molar-refractivity contribution in [1.29, 1.82) is 0 Å². The number of anilines is 1. The number of nitrogens with one attached hydrogen (secondary N) is 2. The van der Waals surface area contributed by atoms with Crippen LogP contribution in [-0.2, 0) is 29.3 Å². The Kier molecular flexibility index (Phi) is 10.3. The molecule has 0 unspecified atom stereocenters. The minimum Gasteiger partial charge on any atom is -0.383 e. The summed E-state index contributed by atoms with van der Waals surface area (Å²) in [5.74, 6) is -0.855. The van der Waals surface area contributed by atoms with Gasteiger partial charge in [0, 0.05) is 70.9 Å². The van der Waals surface area contributed by atoms with Gasteiger partial charge < -0.3 is 34.3 Å². The molecule has 0 saturated carbocycles. The zero-order chi connectivity index (χ0) is 35.6. The van der Waals surface area contributed by atoms with Crippen molar-refractivity contribution in [2.45, 2.75) is 25.6 Å². The summed E-state index contributed by atoms with van der Waals surface area (Å²) < 4.78 is 51.3. The molecule has 0 bridgehead atoms. The number of alkyl halides is 3. The number of piperazine rings is 1. The minimum absolute atomic E-state index is 0.00376. The summed E-state index contributed by atoms with van der Waals surface area (Å²) in [5, 5.41) is 9.77. The summed E-state index contributed by atoms with van der Waals surface area (Å²) in [6.45, 7) is 4.12. The maximum Gasteiger partial charge on any atom is 0.435 e. The summed E-state index contributed by atoms with van der Waals surface area (Å²) >= 11 is 6.49. The Hall–Kier alpha value is -4.74. The number of amides is 3. The monoisotopic (exact) mass is 716 g/mol. The number of benzene rings is 1. The Balaban J connectivity index is 1.12. The van der Waals surface area contributed by atoms with Crippen LogP contribution in [0.5, 0.6) is 0 Å². The van der Waals surface area contributed by atoms with Crippen LogP contribution in [0.2, 0.25) is 5.02 Å². The number of ether oxygens (including phenoxy) is 1. The Morgan fingerprint density at radius 1 is 1.06 bits per heavy atom. The normalized spacial score (nSPS) is 15.8. The van der Waals surface area contributed by atoms with E-state index in [0.29, 0.717) is 39.3 Å². The second-order valence-corrected chi connectivity index (χ2v) is 12.5. The highest BCUT2D eigenvalue weighted by Crippen LogP contribution is 2.37. The highest BCUT2D eigenvalue weighted by molar-refractivity contribution is 6.34. The van der Waals surface area contributed by atoms with Gasteiger partial charge >= 0.3 is 6.18 Å². The lowest BCUT2D eigenvalue weighted by Gasteiger charge is -2.37. The van der Waals surface area contributed by atoms with Crippen molar-refractivity contribution in [3.8, 4) is 17.1 Å². The molecule has 4 aromatic rings. The molecule has 0 radical (unpaired) electrons. The molecule has 2 N–H and O–H groups in total. The molecule has 0 aliphatic carbocycles. The summed E-state index contributed by atoms with van der Waals surface area (Å²) in [6, 6.07) is 4.43. The average Bonchev–Trinajstić information content (AvgIpc) is 3.86. The molecule has 2 aliphatic heterocycles. The van der Waals surface area contributed by atoms with E-state index < -0.39 is 17.8 Å². The Labute approximate surface area is 290 Å². The number of piperidine rings is 1. The molecular weight excluding hydrogens is 681 g/mol. The van der Waals surface area contributed by atoms with Gasteiger partial charge in [-0.25, -0.2) is 14.6 Å². The van der Waals surface area contributed by atoms with E-state index in [2.05, 4.69) is 25.7 Å². The van der Waals surface area contributed by atoms with E-state index in [1.807, 2.05) is 4.90 Å². The first-order valence-electron chi connectivity index (χ1n) is 16.0. The molecule has 2 fully saturated rings. The van der Waals surface area contributed by atoms with Gasteiger partial charge in [0.25, 0.3) is 11.8 Å². The van der Waals surface area contributed by atoms with Gasteiger partial charge in [0.1, 0.15) is 0 Å². The first-order valence-corrected chi connectivity index (χ1v) is 16.4. The number of halogens is 4. The molecule has 18 heteroatoms. The number of carbonyl (C=O) groups excluding carboxylic acids is 3. The molecule has 266 valence electrons. The topological polar surface area (TPSA) is 144 Å². The van der Waals surface area contributed by atoms with E-state index in [1.165, 1.54) is 49.4 Å². The van der Waals surface area contributed by atoms with Gasteiger partial charge in [-0.2, -0.15) is 18.3 Å². The first kappa shape index (κ1) is 35.1. The van der Waals surface area contributed by atoms with Crippen LogP contribution in [0.15, 0.2) is 43.1 Å². The van der Waals surface area contributed by atoms with Crippen LogP contribution in [0, 0.1) is 5.92 Å². The van der Waals surface area contributed by atoms with Crippen LogP contribution in [0.4, 0.5) is 18.9 Å². The number of aromatic nitrogens is 6. The second kappa shape index (κ2) is 14.6. The molecule has 2 saturated heterocycles. The maximum absolute atomic E-state index is 14.1. The zero-order valence-corrected chi connectivity index (χ0v) is 28.2. The Morgan fingerprint density at radius 2 is 1.78 bits per heavy atom. The van der Waals surface area contributed by atoms with Crippen molar-refractivity contribution < 1.29 is 32.3 Å². The lowest BCUT2D eigenvalue weighted by molar-refractivity contribution is -0.141. The number of methoxy groups -OCH3 is 1. The molecule has 6 rings (SSSR count). The molecule has 14 nitrogen and oxygen atoms in total. The average molecular weight is 717 g/mol. The predicted octanol–water partition coefficient (Wildman–Crippen LogP) is 3.32. The minimum atomic E-state index is -4.81. The molecule has 0 atom stereocenters. The third-order valence-corrected chi connectivity index (χ3v) is 9.19. The maximum atomic E-state index is 14.1. The molecule has 5 heterocycles. The highest BCUT2D eigenvalue weighted by Gasteiger charge is 2.39. The standard InChI is InChI=1S/C32H36ClF3N10O4/c1-42-25(23-17-46(41-27(23)32(34,35)36)26-18-43(19-39-26)13-14-50-2)16-38-28(42)29(47)40-21-3-4-22(24(33)15-21)31(49)45-11-9-44(10-12-45)30(48)20-5-7-37-8-6-20/h3-4,15-20,37H,5-14H2,1-2H3,(H,40,47). The van der Waals surface area contributed by atoms with Crippen molar-refractivity contribution in [2.24, 2.45) is 13.0 Å². The van der Waals surface area contributed by atoms with E-state index >= 15 is 0 Å². The molecule has 2 aliphatic rings. The Morgan fingerprint density at radius 3 is 2.46 bits per heavy atom. The van der Waals surface area contributed by atoms with Crippen LogP contribution in [0.25, 0.3) is 17.1 Å². The van der Waals surface area contributed by atoms with Gasteiger partial charge in [0.05, 0.1) is 41.0 Å². The van der Waals surface area contributed by atoms with E-state index in [-0.39, 0.29) is 56.9 Å². The van der Waals surface area contributed by atoms with Crippen LogP contribution >= 0.6 is 11.6 Å². The van der Waals surface area contributed by atoms with Crippen LogP contribution < -0.4 is 10.6 Å². The third-order valence-electron chi connectivity index (χ3n) is 8.88. The van der Waals surface area contributed by atoms with Crippen LogP contribution in [0.3, 0.4) is 0 Å². The van der Waals surface area contributed by atoms with Gasteiger partial charge in [0.15, 0.2) is 17.3 Å². The number of imidazole rings is 2. The summed E-state index contributed by atoms with van der Waals surface area (Å²) in [4.78, 5) is 51.1. The van der Waals surface area contributed by atoms with E-state index in [9.17, 15) is 27.6 Å². The Bertz CT molecular complexity index is 1870. The summed E-state index contributed by atoms with van der Waals surface area (Å²) in [5.41, 5.74) is -0.959. The third kappa shape index (κ3) is 7.39. The van der Waals surface area contributed by atoms with Gasteiger partial charge in [-0.3, -0.25) is 14.4 Å². The fraction of sp³-hybridized carbons (Fsp3) is 0.438. The second-order valence-electron chi connectivity index (χ2n) is 12.1. The predicted molar refractivity (Wildman–Crippen MR) is 176 cm³/mol. The van der Waals surface area contributed by atoms with Gasteiger partial charge in [-0.15, -0.1) is 0 Å². The number of hydrogen-bond acceptors (Lipinski definition) is 8. The summed E-state index contributed by atoms with van der Waals surface area (Å²) in [6.07, 6.45) is 2.17. The van der Waals surface area contributed by atoms with Crippen molar-refractivity contribution in [3.05, 3.63) is 65.2 Å². The van der Waals surface area contributed by atoms with Crippen molar-refractivity contribution in [2.75, 3.05) is 58.3 Å². The zero-order valence-electron chi connectivity index (χ0n) is 27.4. The van der Waals surface area contributed by atoms with Crippen molar-refractivity contribution in [3.63, 3.8) is 0 Å². The van der Waals surface area contributed by atoms with Gasteiger partial charge in [-0.05, 0) is 44.1 Å². The lowest BCUT2D eigenvalue weighted by Crippen LogP contribution is -2.52. The quantitative estimate of drug-likeness (QED) is 0.269. The fourth-order valence-corrected chi connectivity index (χ4v) is 6.39. The molecule has 50 heavy (non-hydrogen) atoms. The number of hydrogen-bond donors (Lipinski definition) is 2. The molecule has 1 aromatic carbocycles. The van der Waals surface area contributed by atoms with E-state index in [4.69, 9.17) is 16.3 Å². The molecule has 0 spiro atoms. The number of carbonyl (C=O) groups is 3. The summed E-state index contributed by atoms with van der Waals surface area (Å²) in [7, 11) is 2.96. The highest BCUT2D eigenvalue weighted by atomic mass is 35.5. The van der Waals surface area contributed by atoms with E-state index in [1.54, 1.807) is 15.7 Å². The van der Waals surface area contributed by atoms with Gasteiger partial charge in [-0.1, -0.05) is 11.6 Å². The van der Waals surface area contributed by atoms with Crippen molar-refractivity contribution >= 4 is 35.0 Å². The molecular formula is C32H36ClF3N10O4. The molecule has 3 amide bonds. The lowest BCUT2D eigenvalue weighted by atomic mass is 9.96. The van der Waals surface area contributed by atoms with Crippen molar-refractivity contribution in [1.82, 2.24) is 44.0 Å². The molecule has 3 aromatic heterocycles. The largest absolute Gasteiger partial charge is 0.435 e. The van der Waals surface area contributed by atoms with E-state index in [0.717, 1.165) is 36.8 Å². The number of rotatable bonds is 9. The van der Waals surface area contributed by atoms with Crippen LogP contribution in [-0.4, -0.2) is 109 Å². The fourth-order valence-electron chi connectivity index (χ4n) is 6.13.